The number of carbonyl (C=O) groups excluding carboxylic acids is 1. The molecule has 1 fully saturated rings. The van der Waals surface area contributed by atoms with Gasteiger partial charge in [0.15, 0.2) is 6.61 Å². The van der Waals surface area contributed by atoms with Gasteiger partial charge in [-0.05, 0) is 44.4 Å². The summed E-state index contributed by atoms with van der Waals surface area (Å²) < 4.78 is 33.2. The van der Waals surface area contributed by atoms with Crippen molar-refractivity contribution < 1.29 is 17.9 Å². The Morgan fingerprint density at radius 3 is 2.62 bits per heavy atom. The van der Waals surface area contributed by atoms with Crippen LogP contribution < -0.4 is 14.8 Å². The van der Waals surface area contributed by atoms with E-state index in [4.69, 9.17) is 16.3 Å². The highest BCUT2D eigenvalue weighted by molar-refractivity contribution is 7.89. The molecule has 2 rings (SSSR count). The minimum Gasteiger partial charge on any atom is -0.482 e. The summed E-state index contributed by atoms with van der Waals surface area (Å²) in [6.07, 6.45) is 5.78. The van der Waals surface area contributed by atoms with Crippen molar-refractivity contribution in [2.45, 2.75) is 69.4 Å². The van der Waals surface area contributed by atoms with Gasteiger partial charge in [0.25, 0.3) is 5.91 Å². The zero-order chi connectivity index (χ0) is 19.2. The van der Waals surface area contributed by atoms with Crippen LogP contribution in [0.15, 0.2) is 23.1 Å². The first-order valence-electron chi connectivity index (χ1n) is 9.06. The Balaban J connectivity index is 1.98. The fourth-order valence-electron chi connectivity index (χ4n) is 2.84. The van der Waals surface area contributed by atoms with Gasteiger partial charge >= 0.3 is 0 Å². The third kappa shape index (κ3) is 6.14. The molecule has 1 aromatic carbocycles. The number of benzene rings is 1. The molecule has 0 saturated heterocycles. The van der Waals surface area contributed by atoms with Crippen molar-refractivity contribution in [1.82, 2.24) is 10.0 Å². The molecule has 1 amide bonds. The fraction of sp³-hybridized carbons (Fsp3) is 0.611. The van der Waals surface area contributed by atoms with Crippen molar-refractivity contribution in [3.8, 4) is 5.75 Å². The normalized spacial score (nSPS) is 16.9. The van der Waals surface area contributed by atoms with Crippen LogP contribution in [0.5, 0.6) is 5.75 Å². The highest BCUT2D eigenvalue weighted by Gasteiger charge is 2.22. The van der Waals surface area contributed by atoms with E-state index in [0.29, 0.717) is 0 Å². The topological polar surface area (TPSA) is 84.5 Å². The van der Waals surface area contributed by atoms with Crippen LogP contribution in [0.4, 0.5) is 0 Å². The highest BCUT2D eigenvalue weighted by Crippen LogP contribution is 2.28. The van der Waals surface area contributed by atoms with Gasteiger partial charge in [0.1, 0.15) is 5.75 Å². The third-order valence-electron chi connectivity index (χ3n) is 4.52. The molecule has 2 N–H and O–H groups in total. The number of sulfonamides is 1. The van der Waals surface area contributed by atoms with Gasteiger partial charge in [0.05, 0.1) is 9.92 Å². The smallest absolute Gasteiger partial charge is 0.258 e. The van der Waals surface area contributed by atoms with Gasteiger partial charge in [-0.1, -0.05) is 37.8 Å². The molecule has 0 aliphatic heterocycles. The molecule has 0 radical (unpaired) electrons. The molecule has 0 aromatic heterocycles. The van der Waals surface area contributed by atoms with Crippen LogP contribution in [0.1, 0.15) is 52.4 Å². The standard InChI is InChI=1S/C18H27ClN2O4S/c1-3-13(2)20-18(22)12-25-17-10-9-15(11-16(17)19)26(23,24)21-14-7-5-4-6-8-14/h9-11,13-14,21H,3-8,12H2,1-2H3,(H,20,22)/t13-/m1/s1. The predicted molar refractivity (Wildman–Crippen MR) is 102 cm³/mol. The van der Waals surface area contributed by atoms with E-state index < -0.39 is 10.0 Å². The van der Waals surface area contributed by atoms with Crippen molar-refractivity contribution in [2.24, 2.45) is 0 Å². The van der Waals surface area contributed by atoms with E-state index in [-0.39, 0.29) is 40.3 Å². The van der Waals surface area contributed by atoms with Gasteiger partial charge < -0.3 is 10.1 Å². The lowest BCUT2D eigenvalue weighted by Gasteiger charge is -2.22. The van der Waals surface area contributed by atoms with Crippen LogP contribution in [0.2, 0.25) is 5.02 Å². The summed E-state index contributed by atoms with van der Waals surface area (Å²) in [4.78, 5) is 11.9. The van der Waals surface area contributed by atoms with Crippen LogP contribution in [0, 0.1) is 0 Å². The molecule has 6 nitrogen and oxygen atoms in total. The van der Waals surface area contributed by atoms with Crippen molar-refractivity contribution in [1.29, 1.82) is 0 Å². The Labute approximate surface area is 160 Å². The number of amides is 1. The van der Waals surface area contributed by atoms with Crippen LogP contribution in [0.3, 0.4) is 0 Å². The van der Waals surface area contributed by atoms with E-state index in [1.165, 1.54) is 18.2 Å². The maximum Gasteiger partial charge on any atom is 0.258 e. The summed E-state index contributed by atoms with van der Waals surface area (Å²) in [6, 6.07) is 4.33. The van der Waals surface area contributed by atoms with Gasteiger partial charge in [-0.25, -0.2) is 13.1 Å². The lowest BCUT2D eigenvalue weighted by atomic mass is 9.96. The maximum absolute atomic E-state index is 12.5. The zero-order valence-electron chi connectivity index (χ0n) is 15.3. The molecule has 8 heteroatoms. The van der Waals surface area contributed by atoms with E-state index in [9.17, 15) is 13.2 Å². The van der Waals surface area contributed by atoms with Gasteiger partial charge in [-0.3, -0.25) is 4.79 Å². The summed E-state index contributed by atoms with van der Waals surface area (Å²) in [5.41, 5.74) is 0. The Morgan fingerprint density at radius 2 is 2.00 bits per heavy atom. The summed E-state index contributed by atoms with van der Waals surface area (Å²) >= 11 is 6.15. The lowest BCUT2D eigenvalue weighted by Crippen LogP contribution is -2.36. The zero-order valence-corrected chi connectivity index (χ0v) is 16.8. The molecular formula is C18H27ClN2O4S. The second-order valence-corrected chi connectivity index (χ2v) is 8.84. The quantitative estimate of drug-likeness (QED) is 0.699. The monoisotopic (exact) mass is 402 g/mol. The van der Waals surface area contributed by atoms with E-state index in [1.54, 1.807) is 0 Å². The second-order valence-electron chi connectivity index (χ2n) is 6.71. The number of rotatable bonds is 8. The van der Waals surface area contributed by atoms with Crippen molar-refractivity contribution in [3.05, 3.63) is 23.2 Å². The molecule has 1 aliphatic carbocycles. The molecule has 0 bridgehead atoms. The van der Waals surface area contributed by atoms with Crippen molar-refractivity contribution in [3.63, 3.8) is 0 Å². The molecule has 0 heterocycles. The summed E-state index contributed by atoms with van der Waals surface area (Å²) in [5.74, 6) is 0.0358. The fourth-order valence-corrected chi connectivity index (χ4v) is 4.47. The van der Waals surface area contributed by atoms with Gasteiger partial charge in [0, 0.05) is 12.1 Å². The number of halogens is 1. The molecule has 1 aromatic rings. The van der Waals surface area contributed by atoms with Crippen LogP contribution in [-0.4, -0.2) is 33.0 Å². The predicted octanol–water partition coefficient (Wildman–Crippen LogP) is 3.24. The Kier molecular flexibility index (Phi) is 7.73. The summed E-state index contributed by atoms with van der Waals surface area (Å²) in [6.45, 7) is 3.71. The summed E-state index contributed by atoms with van der Waals surface area (Å²) in [5, 5.41) is 2.95. The Morgan fingerprint density at radius 1 is 1.31 bits per heavy atom. The summed E-state index contributed by atoms with van der Waals surface area (Å²) in [7, 11) is -3.62. The van der Waals surface area contributed by atoms with Crippen LogP contribution in [-0.2, 0) is 14.8 Å². The van der Waals surface area contributed by atoms with Crippen molar-refractivity contribution in [2.75, 3.05) is 6.61 Å². The van der Waals surface area contributed by atoms with Crippen molar-refractivity contribution >= 4 is 27.5 Å². The largest absolute Gasteiger partial charge is 0.482 e. The molecule has 0 spiro atoms. The number of hydrogen-bond acceptors (Lipinski definition) is 4. The molecular weight excluding hydrogens is 376 g/mol. The first-order chi connectivity index (χ1) is 12.3. The number of carbonyl (C=O) groups is 1. The van der Waals surface area contributed by atoms with Crippen LogP contribution in [0.25, 0.3) is 0 Å². The maximum atomic E-state index is 12.5. The van der Waals surface area contributed by atoms with E-state index >= 15 is 0 Å². The van der Waals surface area contributed by atoms with E-state index in [2.05, 4.69) is 10.0 Å². The molecule has 1 atom stereocenters. The number of hydrogen-bond donors (Lipinski definition) is 2. The second kappa shape index (κ2) is 9.58. The SMILES string of the molecule is CC[C@@H](C)NC(=O)COc1ccc(S(=O)(=O)NC2CCCCC2)cc1Cl. The highest BCUT2D eigenvalue weighted by atomic mass is 35.5. The third-order valence-corrected chi connectivity index (χ3v) is 6.33. The Bertz CT molecular complexity index is 718. The van der Waals surface area contributed by atoms with E-state index in [0.717, 1.165) is 38.5 Å². The molecule has 1 saturated carbocycles. The Hall–Kier alpha value is -1.31. The first-order valence-corrected chi connectivity index (χ1v) is 10.9. The van der Waals surface area contributed by atoms with Crippen LogP contribution >= 0.6 is 11.6 Å². The van der Waals surface area contributed by atoms with Gasteiger partial charge in [-0.15, -0.1) is 0 Å². The minimum absolute atomic E-state index is 0.0206. The van der Waals surface area contributed by atoms with E-state index in [1.807, 2.05) is 13.8 Å². The average Bonchev–Trinajstić information content (AvgIpc) is 2.61. The molecule has 26 heavy (non-hydrogen) atoms. The number of nitrogens with one attached hydrogen (secondary N) is 2. The first kappa shape index (κ1) is 21.0. The lowest BCUT2D eigenvalue weighted by molar-refractivity contribution is -0.123. The van der Waals surface area contributed by atoms with Gasteiger partial charge in [-0.2, -0.15) is 0 Å². The van der Waals surface area contributed by atoms with Gasteiger partial charge in [0.2, 0.25) is 10.0 Å². The number of ether oxygens (including phenoxy) is 1. The molecule has 146 valence electrons. The minimum atomic E-state index is -3.62. The molecule has 1 aliphatic rings. The average molecular weight is 403 g/mol. The molecule has 0 unspecified atom stereocenters.